The highest BCUT2D eigenvalue weighted by atomic mass is 19.4. The van der Waals surface area contributed by atoms with Crippen LogP contribution in [0.15, 0.2) is 55.1 Å². The molecule has 1 atom stereocenters. The zero-order valence-electron chi connectivity index (χ0n) is 19.7. The van der Waals surface area contributed by atoms with Crippen molar-refractivity contribution in [1.82, 2.24) is 9.97 Å². The summed E-state index contributed by atoms with van der Waals surface area (Å²) in [6, 6.07) is 6.33. The summed E-state index contributed by atoms with van der Waals surface area (Å²) >= 11 is 0. The van der Waals surface area contributed by atoms with Gasteiger partial charge in [0.2, 0.25) is 0 Å². The van der Waals surface area contributed by atoms with Crippen molar-refractivity contribution in [1.29, 1.82) is 0 Å². The number of hydrogen-bond acceptors (Lipinski definition) is 3. The van der Waals surface area contributed by atoms with Gasteiger partial charge in [0.05, 0.1) is 5.69 Å². The van der Waals surface area contributed by atoms with E-state index in [0.717, 1.165) is 42.1 Å². The number of hydrogen-bond donors (Lipinski definition) is 0. The van der Waals surface area contributed by atoms with Crippen molar-refractivity contribution in [2.75, 3.05) is 0 Å². The molecular weight excluding hydrogens is 432 g/mol. The fourth-order valence-electron chi connectivity index (χ4n) is 3.07. The number of allylic oxidation sites excluding steroid dienone is 3. The van der Waals surface area contributed by atoms with Crippen molar-refractivity contribution in [3.05, 3.63) is 77.7 Å². The van der Waals surface area contributed by atoms with Gasteiger partial charge in [-0.25, -0.2) is 4.39 Å². The average Bonchev–Trinajstić information content (AvgIpc) is 2.78. The van der Waals surface area contributed by atoms with Gasteiger partial charge < -0.3 is 0 Å². The molecule has 2 heterocycles. The molecule has 0 aromatic carbocycles. The van der Waals surface area contributed by atoms with Gasteiger partial charge in [0, 0.05) is 24.7 Å². The normalized spacial score (nSPS) is 12.5. The van der Waals surface area contributed by atoms with Gasteiger partial charge in [-0.15, -0.1) is 0 Å². The van der Waals surface area contributed by atoms with Crippen LogP contribution >= 0.6 is 0 Å². The molecule has 7 heteroatoms. The van der Waals surface area contributed by atoms with E-state index >= 15 is 0 Å². The van der Waals surface area contributed by atoms with Gasteiger partial charge in [0.25, 0.3) is 0 Å². The van der Waals surface area contributed by atoms with Crippen LogP contribution in [0.1, 0.15) is 75.9 Å². The molecule has 0 aliphatic carbocycles. The van der Waals surface area contributed by atoms with E-state index < -0.39 is 23.5 Å². The first-order valence-electron chi connectivity index (χ1n) is 11.1. The van der Waals surface area contributed by atoms with E-state index in [0.29, 0.717) is 12.8 Å². The second kappa shape index (κ2) is 13.7. The van der Waals surface area contributed by atoms with Crippen molar-refractivity contribution in [2.45, 2.75) is 66.0 Å². The maximum absolute atomic E-state index is 12.6. The maximum atomic E-state index is 12.6. The van der Waals surface area contributed by atoms with E-state index in [1.807, 2.05) is 19.1 Å². The Balaban J connectivity index is 0.000000513. The molecule has 0 aliphatic rings. The largest absolute Gasteiger partial charge is 0.433 e. The molecule has 180 valence electrons. The molecule has 0 spiro atoms. The van der Waals surface area contributed by atoms with Gasteiger partial charge >= 0.3 is 6.18 Å². The highest BCUT2D eigenvalue weighted by Gasteiger charge is 2.32. The Morgan fingerprint density at radius 3 is 2.30 bits per heavy atom. The van der Waals surface area contributed by atoms with Crippen LogP contribution in [0.3, 0.4) is 0 Å². The second-order valence-electron chi connectivity index (χ2n) is 7.70. The Kier molecular flexibility index (Phi) is 11.7. The molecule has 1 unspecified atom stereocenters. The van der Waals surface area contributed by atoms with Gasteiger partial charge in [-0.2, -0.15) is 13.2 Å². The molecule has 0 amide bonds. The molecule has 2 rings (SSSR count). The van der Waals surface area contributed by atoms with Gasteiger partial charge in [-0.05, 0) is 48.1 Å². The molecule has 0 N–H and O–H groups in total. The lowest BCUT2D eigenvalue weighted by Crippen LogP contribution is -2.08. The van der Waals surface area contributed by atoms with Crippen LogP contribution in [0.5, 0.6) is 0 Å². The van der Waals surface area contributed by atoms with E-state index in [2.05, 4.69) is 36.5 Å². The summed E-state index contributed by atoms with van der Waals surface area (Å²) in [7, 11) is 0. The lowest BCUT2D eigenvalue weighted by Gasteiger charge is -2.12. The van der Waals surface area contributed by atoms with E-state index in [4.69, 9.17) is 0 Å². The lowest BCUT2D eigenvalue weighted by atomic mass is 9.97. The summed E-state index contributed by atoms with van der Waals surface area (Å²) in [5.41, 5.74) is 3.00. The zero-order chi connectivity index (χ0) is 25.0. The summed E-state index contributed by atoms with van der Waals surface area (Å²) in [4.78, 5) is 18.6. The first-order chi connectivity index (χ1) is 15.5. The van der Waals surface area contributed by atoms with Crippen molar-refractivity contribution in [3.63, 3.8) is 0 Å². The zero-order valence-corrected chi connectivity index (χ0v) is 19.7. The van der Waals surface area contributed by atoms with Crippen molar-refractivity contribution in [3.8, 4) is 0 Å². The van der Waals surface area contributed by atoms with Crippen molar-refractivity contribution >= 4 is 11.4 Å². The van der Waals surface area contributed by atoms with Crippen LogP contribution < -0.4 is 0 Å². The molecule has 2 aromatic heterocycles. The Morgan fingerprint density at radius 1 is 1.15 bits per heavy atom. The SMILES string of the molecule is C=C(F)C(=O)C(C)CC.CC/C=C(\CCC)c1ncccc1Cc1ccc(C(F)(F)F)nc1. The minimum atomic E-state index is -4.41. The summed E-state index contributed by atoms with van der Waals surface area (Å²) in [5, 5.41) is 0. The van der Waals surface area contributed by atoms with E-state index in [-0.39, 0.29) is 5.92 Å². The van der Waals surface area contributed by atoms with E-state index in [1.54, 1.807) is 13.1 Å². The standard InChI is InChI=1S/C19H21F3N2.C7H11FO/c1-3-6-15(7-4-2)18-16(8-5-11-23-18)12-14-9-10-17(24-13-14)19(20,21)22;1-4-5(2)7(9)6(3)8/h5-6,8-11,13H,3-4,7,12H2,1-2H3;5H,3-4H2,1-2H3/b15-6+;. The number of nitrogens with zero attached hydrogens (tertiary/aromatic N) is 2. The molecule has 33 heavy (non-hydrogen) atoms. The minimum Gasteiger partial charge on any atom is -0.291 e. The van der Waals surface area contributed by atoms with Crippen molar-refractivity contribution < 1.29 is 22.4 Å². The molecule has 0 aliphatic heterocycles. The highest BCUT2D eigenvalue weighted by molar-refractivity contribution is 5.94. The summed E-state index contributed by atoms with van der Waals surface area (Å²) in [6.07, 6.45) is 4.86. The van der Waals surface area contributed by atoms with Gasteiger partial charge in [0.15, 0.2) is 11.6 Å². The third-order valence-corrected chi connectivity index (χ3v) is 5.00. The summed E-state index contributed by atoms with van der Waals surface area (Å²) in [5.74, 6) is -1.52. The van der Waals surface area contributed by atoms with E-state index in [9.17, 15) is 22.4 Å². The lowest BCUT2D eigenvalue weighted by molar-refractivity contribution is -0.141. The fraction of sp³-hybridized carbons (Fsp3) is 0.423. The van der Waals surface area contributed by atoms with Crippen LogP contribution in [-0.2, 0) is 17.4 Å². The quantitative estimate of drug-likeness (QED) is 0.281. The van der Waals surface area contributed by atoms with Crippen LogP contribution in [-0.4, -0.2) is 15.8 Å². The predicted molar refractivity (Wildman–Crippen MR) is 124 cm³/mol. The highest BCUT2D eigenvalue weighted by Crippen LogP contribution is 2.28. The fourth-order valence-corrected chi connectivity index (χ4v) is 3.07. The Hall–Kier alpha value is -2.83. The molecule has 0 saturated carbocycles. The first kappa shape index (κ1) is 28.2. The molecule has 0 bridgehead atoms. The molecule has 0 fully saturated rings. The third kappa shape index (κ3) is 9.28. The molecular formula is C26H32F4N2O. The number of carbonyl (C=O) groups is 1. The second-order valence-corrected chi connectivity index (χ2v) is 7.70. The number of aromatic nitrogens is 2. The number of pyridine rings is 2. The Labute approximate surface area is 193 Å². The van der Waals surface area contributed by atoms with Crippen LogP contribution in [0.25, 0.3) is 5.57 Å². The monoisotopic (exact) mass is 464 g/mol. The molecule has 3 nitrogen and oxygen atoms in total. The number of carbonyl (C=O) groups excluding carboxylic acids is 1. The molecule has 0 saturated heterocycles. The Bertz CT molecular complexity index is 934. The topological polar surface area (TPSA) is 42.9 Å². The average molecular weight is 465 g/mol. The number of rotatable bonds is 9. The smallest absolute Gasteiger partial charge is 0.291 e. The van der Waals surface area contributed by atoms with E-state index in [1.165, 1.54) is 17.8 Å². The van der Waals surface area contributed by atoms with Crippen LogP contribution in [0, 0.1) is 5.92 Å². The molecule has 0 radical (unpaired) electrons. The predicted octanol–water partition coefficient (Wildman–Crippen LogP) is 7.76. The van der Waals surface area contributed by atoms with Gasteiger partial charge in [-0.1, -0.05) is 58.9 Å². The minimum absolute atomic E-state index is 0.220. The van der Waals surface area contributed by atoms with Crippen molar-refractivity contribution in [2.24, 2.45) is 5.92 Å². The summed E-state index contributed by atoms with van der Waals surface area (Å²) in [6.45, 7) is 10.6. The summed E-state index contributed by atoms with van der Waals surface area (Å²) < 4.78 is 49.8. The van der Waals surface area contributed by atoms with Gasteiger partial charge in [-0.3, -0.25) is 14.8 Å². The number of alkyl halides is 3. The number of Topliss-reactive ketones (excluding diaryl/α,β-unsaturated/α-hetero) is 1. The van der Waals surface area contributed by atoms with Crippen LogP contribution in [0.2, 0.25) is 0 Å². The van der Waals surface area contributed by atoms with Crippen LogP contribution in [0.4, 0.5) is 17.6 Å². The third-order valence-electron chi connectivity index (χ3n) is 5.00. The maximum Gasteiger partial charge on any atom is 0.433 e. The number of ketones is 1. The first-order valence-corrected chi connectivity index (χ1v) is 11.1. The number of halogens is 4. The molecule has 2 aromatic rings. The van der Waals surface area contributed by atoms with Gasteiger partial charge in [0.1, 0.15) is 5.69 Å². The Morgan fingerprint density at radius 2 is 1.85 bits per heavy atom.